The van der Waals surface area contributed by atoms with Gasteiger partial charge in [0.1, 0.15) is 0 Å². The minimum Gasteiger partial charge on any atom is -0.460 e. The van der Waals surface area contributed by atoms with Crippen LogP contribution < -0.4 is 0 Å². The van der Waals surface area contributed by atoms with E-state index in [2.05, 4.69) is 4.74 Å². The van der Waals surface area contributed by atoms with Gasteiger partial charge >= 0.3 is 5.97 Å². The van der Waals surface area contributed by atoms with Gasteiger partial charge in [-0.15, -0.1) is 0 Å². The lowest BCUT2D eigenvalue weighted by molar-refractivity contribution is -0.154. The molecule has 1 aromatic carbocycles. The van der Waals surface area contributed by atoms with Crippen molar-refractivity contribution in [1.29, 1.82) is 0 Å². The first-order valence-corrected chi connectivity index (χ1v) is 7.91. The van der Waals surface area contributed by atoms with E-state index in [1.807, 2.05) is 0 Å². The topological polar surface area (TPSA) is 65.4 Å². The third-order valence-electron chi connectivity index (χ3n) is 3.51. The van der Waals surface area contributed by atoms with Crippen LogP contribution >= 0.6 is 0 Å². The molecule has 2 aromatic rings. The van der Waals surface area contributed by atoms with E-state index in [0.29, 0.717) is 5.69 Å². The second-order valence-electron chi connectivity index (χ2n) is 5.39. The summed E-state index contributed by atoms with van der Waals surface area (Å²) in [6.07, 6.45) is 3.66. The summed E-state index contributed by atoms with van der Waals surface area (Å²) in [5.41, 5.74) is 0.727. The third kappa shape index (κ3) is 4.95. The number of ether oxygens (including phenoxy) is 1. The van der Waals surface area contributed by atoms with Crippen LogP contribution in [0.15, 0.2) is 42.6 Å². The van der Waals surface area contributed by atoms with Crippen LogP contribution in [0.4, 0.5) is 8.78 Å². The first-order valence-electron chi connectivity index (χ1n) is 7.91. The smallest absolute Gasteiger partial charge is 0.375 e. The molecule has 26 heavy (non-hydrogen) atoms. The number of benzene rings is 1. The maximum Gasteiger partial charge on any atom is 0.375 e. The van der Waals surface area contributed by atoms with Gasteiger partial charge in [-0.25, -0.2) is 13.6 Å². The van der Waals surface area contributed by atoms with E-state index in [1.54, 1.807) is 29.8 Å². The van der Waals surface area contributed by atoms with Gasteiger partial charge in [-0.2, -0.15) is 0 Å². The van der Waals surface area contributed by atoms with Gasteiger partial charge < -0.3 is 9.30 Å². The van der Waals surface area contributed by atoms with Crippen LogP contribution in [0.3, 0.4) is 0 Å². The Labute approximate surface area is 148 Å². The number of ketones is 2. The molecule has 0 aliphatic heterocycles. The van der Waals surface area contributed by atoms with E-state index >= 15 is 0 Å². The maximum atomic E-state index is 13.8. The normalized spacial score (nSPS) is 10.9. The van der Waals surface area contributed by atoms with E-state index in [1.165, 1.54) is 18.2 Å². The largest absolute Gasteiger partial charge is 0.460 e. The fourth-order valence-electron chi connectivity index (χ4n) is 2.26. The Hall–Kier alpha value is -3.09. The van der Waals surface area contributed by atoms with Crippen molar-refractivity contribution < 1.29 is 27.9 Å². The Kier molecular flexibility index (Phi) is 6.54. The molecule has 0 aliphatic rings. The lowest BCUT2D eigenvalue weighted by Crippen LogP contribution is -2.19. The second kappa shape index (κ2) is 8.84. The number of halogens is 2. The van der Waals surface area contributed by atoms with Gasteiger partial charge in [0.15, 0.2) is 17.4 Å². The van der Waals surface area contributed by atoms with Gasteiger partial charge in [0.2, 0.25) is 5.78 Å². The minimum atomic E-state index is -1.04. The SMILES string of the molecule is CCOC(=O)C(=O)CC(=O)/C=C/c1cccn1Cc1cccc(F)c1F. The summed E-state index contributed by atoms with van der Waals surface area (Å²) < 4.78 is 33.2. The zero-order valence-electron chi connectivity index (χ0n) is 14.1. The number of rotatable bonds is 8. The molecule has 0 N–H and O–H groups in total. The van der Waals surface area contributed by atoms with Crippen LogP contribution in [-0.4, -0.2) is 28.7 Å². The number of hydrogen-bond donors (Lipinski definition) is 0. The van der Waals surface area contributed by atoms with E-state index in [4.69, 9.17) is 0 Å². The summed E-state index contributed by atoms with van der Waals surface area (Å²) in [6.45, 7) is 1.69. The number of Topliss-reactive ketones (excluding diaryl/α,β-unsaturated/α-hetero) is 1. The maximum absolute atomic E-state index is 13.8. The fourth-order valence-corrected chi connectivity index (χ4v) is 2.26. The van der Waals surface area contributed by atoms with Crippen LogP contribution in [0.25, 0.3) is 6.08 Å². The molecule has 1 aromatic heterocycles. The molecule has 0 saturated heterocycles. The van der Waals surface area contributed by atoms with Crippen LogP contribution in [0.1, 0.15) is 24.6 Å². The van der Waals surface area contributed by atoms with Gasteiger partial charge in [-0.1, -0.05) is 12.1 Å². The zero-order chi connectivity index (χ0) is 19.1. The number of aromatic nitrogens is 1. The Bertz CT molecular complexity index is 855. The highest BCUT2D eigenvalue weighted by Crippen LogP contribution is 2.15. The first-order chi connectivity index (χ1) is 12.4. The summed E-state index contributed by atoms with van der Waals surface area (Å²) in [6, 6.07) is 7.28. The van der Waals surface area contributed by atoms with E-state index in [9.17, 15) is 23.2 Å². The molecule has 1 heterocycles. The summed E-state index contributed by atoms with van der Waals surface area (Å²) >= 11 is 0. The van der Waals surface area contributed by atoms with Gasteiger partial charge in [0.05, 0.1) is 19.6 Å². The highest BCUT2D eigenvalue weighted by Gasteiger charge is 2.17. The van der Waals surface area contributed by atoms with Gasteiger partial charge in [0, 0.05) is 17.5 Å². The first kappa shape index (κ1) is 19.2. The molecule has 0 aliphatic carbocycles. The average Bonchev–Trinajstić information content (AvgIpc) is 3.04. The van der Waals surface area contributed by atoms with E-state index in [-0.39, 0.29) is 18.7 Å². The van der Waals surface area contributed by atoms with E-state index in [0.717, 1.165) is 12.1 Å². The number of carbonyl (C=O) groups excluding carboxylic acids is 3. The molecular weight excluding hydrogens is 344 g/mol. The molecule has 0 unspecified atom stereocenters. The van der Waals surface area contributed by atoms with Gasteiger partial charge in [-0.05, 0) is 37.3 Å². The fraction of sp³-hybridized carbons (Fsp3) is 0.211. The zero-order valence-corrected chi connectivity index (χ0v) is 14.1. The monoisotopic (exact) mass is 361 g/mol. The number of hydrogen-bond acceptors (Lipinski definition) is 4. The highest BCUT2D eigenvalue weighted by atomic mass is 19.2. The number of allylic oxidation sites excluding steroid dienone is 1. The van der Waals surface area contributed by atoms with Crippen molar-refractivity contribution >= 4 is 23.6 Å². The third-order valence-corrected chi connectivity index (χ3v) is 3.51. The van der Waals surface area contributed by atoms with Crippen molar-refractivity contribution in [2.75, 3.05) is 6.61 Å². The molecule has 7 heteroatoms. The molecule has 0 atom stereocenters. The Morgan fingerprint density at radius 3 is 2.65 bits per heavy atom. The van der Waals surface area contributed by atoms with Gasteiger partial charge in [0.25, 0.3) is 0 Å². The molecular formula is C19H17F2NO4. The minimum absolute atomic E-state index is 0.0543. The van der Waals surface area contributed by atoms with Crippen LogP contribution in [0.2, 0.25) is 0 Å². The predicted molar refractivity (Wildman–Crippen MR) is 90.2 cm³/mol. The highest BCUT2D eigenvalue weighted by molar-refractivity contribution is 6.37. The lowest BCUT2D eigenvalue weighted by atomic mass is 10.2. The summed E-state index contributed by atoms with van der Waals surface area (Å²) in [5, 5.41) is 0. The predicted octanol–water partition coefficient (Wildman–Crippen LogP) is 2.92. The van der Waals surface area contributed by atoms with Gasteiger partial charge in [-0.3, -0.25) is 9.59 Å². The molecule has 0 spiro atoms. The summed E-state index contributed by atoms with van der Waals surface area (Å²) in [7, 11) is 0. The average molecular weight is 361 g/mol. The van der Waals surface area contributed by atoms with Crippen LogP contribution in [-0.2, 0) is 25.7 Å². The number of nitrogens with zero attached hydrogens (tertiary/aromatic N) is 1. The number of carbonyl (C=O) groups is 3. The number of esters is 1. The van der Waals surface area contributed by atoms with Crippen molar-refractivity contribution in [2.24, 2.45) is 0 Å². The molecule has 5 nitrogen and oxygen atoms in total. The second-order valence-corrected chi connectivity index (χ2v) is 5.39. The summed E-state index contributed by atoms with van der Waals surface area (Å²) in [4.78, 5) is 34.5. The summed E-state index contributed by atoms with van der Waals surface area (Å²) in [5.74, 6) is -4.38. The van der Waals surface area contributed by atoms with Crippen LogP contribution in [0, 0.1) is 11.6 Å². The van der Waals surface area contributed by atoms with Crippen LogP contribution in [0.5, 0.6) is 0 Å². The quantitative estimate of drug-likeness (QED) is 0.314. The standard InChI is InChI=1S/C19H17F2NO4/c1-2-26-19(25)17(24)11-15(23)9-8-14-6-4-10-22(14)12-13-5-3-7-16(20)18(13)21/h3-10H,2,11-12H2,1H3/b9-8+. The Balaban J connectivity index is 2.05. The molecule has 0 amide bonds. The molecule has 2 rings (SSSR count). The van der Waals surface area contributed by atoms with Crippen molar-refractivity contribution in [3.63, 3.8) is 0 Å². The van der Waals surface area contributed by atoms with Crippen molar-refractivity contribution in [2.45, 2.75) is 19.9 Å². The van der Waals surface area contributed by atoms with Crippen molar-refractivity contribution in [3.05, 3.63) is 65.5 Å². The Morgan fingerprint density at radius 2 is 1.92 bits per heavy atom. The molecule has 136 valence electrons. The molecule has 0 radical (unpaired) electrons. The lowest BCUT2D eigenvalue weighted by Gasteiger charge is -2.08. The Morgan fingerprint density at radius 1 is 1.15 bits per heavy atom. The van der Waals surface area contributed by atoms with Crippen molar-refractivity contribution in [3.8, 4) is 0 Å². The van der Waals surface area contributed by atoms with Crippen molar-refractivity contribution in [1.82, 2.24) is 4.57 Å². The molecule has 0 saturated carbocycles. The van der Waals surface area contributed by atoms with E-state index < -0.39 is 35.6 Å². The molecule has 0 bridgehead atoms. The molecule has 0 fully saturated rings.